The fraction of sp³-hybridized carbons (Fsp3) is 0.733. The van der Waals surface area contributed by atoms with Gasteiger partial charge in [-0.1, -0.05) is 11.8 Å². The van der Waals surface area contributed by atoms with E-state index in [0.29, 0.717) is 0 Å². The van der Waals surface area contributed by atoms with Crippen molar-refractivity contribution in [1.82, 2.24) is 0 Å². The fourth-order valence-corrected chi connectivity index (χ4v) is 3.05. The van der Waals surface area contributed by atoms with Gasteiger partial charge in [-0.3, -0.25) is 19.2 Å². The predicted octanol–water partition coefficient (Wildman–Crippen LogP) is 0.432. The Kier molecular flexibility index (Phi) is 8.33. The monoisotopic (exact) mass is 378 g/mol. The van der Waals surface area contributed by atoms with Crippen LogP contribution in [0.15, 0.2) is 0 Å². The molecule has 0 aromatic heterocycles. The second kappa shape index (κ2) is 9.73. The molecule has 0 radical (unpaired) electrons. The zero-order chi connectivity index (χ0) is 19.1. The molecule has 5 atom stereocenters. The van der Waals surface area contributed by atoms with Crippen molar-refractivity contribution < 1.29 is 42.9 Å². The van der Waals surface area contributed by atoms with Crippen molar-refractivity contribution in [3.63, 3.8) is 0 Å². The lowest BCUT2D eigenvalue weighted by Gasteiger charge is -2.43. The molecule has 142 valence electrons. The van der Waals surface area contributed by atoms with Crippen LogP contribution in [-0.2, 0) is 42.9 Å². The van der Waals surface area contributed by atoms with E-state index < -0.39 is 48.6 Å². The maximum atomic E-state index is 11.5. The van der Waals surface area contributed by atoms with E-state index in [-0.39, 0.29) is 10.9 Å². The predicted molar refractivity (Wildman–Crippen MR) is 85.5 cm³/mol. The minimum Gasteiger partial charge on any atom is -0.456 e. The maximum absolute atomic E-state index is 11.5. The molecule has 1 aliphatic rings. The summed E-state index contributed by atoms with van der Waals surface area (Å²) in [5.41, 5.74) is 0. The van der Waals surface area contributed by atoms with Crippen LogP contribution in [0.3, 0.4) is 0 Å². The number of ether oxygens (including phenoxy) is 5. The number of carbonyl (C=O) groups is 4. The minimum atomic E-state index is -1.14. The molecule has 25 heavy (non-hydrogen) atoms. The van der Waals surface area contributed by atoms with Gasteiger partial charge in [0.05, 0.1) is 0 Å². The van der Waals surface area contributed by atoms with Crippen LogP contribution in [0.25, 0.3) is 0 Å². The standard InChI is InChI=1S/C15H22O9S/c1-7(16)21-12-11(6-25-10(4)19)24-15(20-5)14(23-9(3)18)13(12)22-8(2)17/h11-15H,6H2,1-5H3/t11?,12-,13-,14?,15-/m0/s1. The largest absolute Gasteiger partial charge is 0.456 e. The molecule has 1 aliphatic heterocycles. The molecule has 0 aromatic carbocycles. The van der Waals surface area contributed by atoms with Gasteiger partial charge in [0.15, 0.2) is 29.7 Å². The highest BCUT2D eigenvalue weighted by molar-refractivity contribution is 8.13. The second-order valence-corrected chi connectivity index (χ2v) is 6.50. The van der Waals surface area contributed by atoms with E-state index in [1.165, 1.54) is 34.8 Å². The Morgan fingerprint density at radius 2 is 1.32 bits per heavy atom. The van der Waals surface area contributed by atoms with E-state index in [1.807, 2.05) is 0 Å². The third-order valence-corrected chi connectivity index (χ3v) is 4.08. The van der Waals surface area contributed by atoms with Crippen molar-refractivity contribution in [3.8, 4) is 0 Å². The lowest BCUT2D eigenvalue weighted by Crippen LogP contribution is -2.62. The summed E-state index contributed by atoms with van der Waals surface area (Å²) in [6, 6.07) is 0. The van der Waals surface area contributed by atoms with Crippen molar-refractivity contribution >= 4 is 34.8 Å². The van der Waals surface area contributed by atoms with Crippen molar-refractivity contribution in [1.29, 1.82) is 0 Å². The van der Waals surface area contributed by atoms with Crippen molar-refractivity contribution in [2.24, 2.45) is 0 Å². The molecule has 9 nitrogen and oxygen atoms in total. The first-order valence-corrected chi connectivity index (χ1v) is 8.47. The molecule has 0 bridgehead atoms. The first-order chi connectivity index (χ1) is 11.6. The van der Waals surface area contributed by atoms with Gasteiger partial charge in [-0.15, -0.1) is 0 Å². The Morgan fingerprint density at radius 1 is 0.840 bits per heavy atom. The van der Waals surface area contributed by atoms with E-state index in [9.17, 15) is 19.2 Å². The topological polar surface area (TPSA) is 114 Å². The Labute approximate surface area is 149 Å². The number of thioether (sulfide) groups is 1. The van der Waals surface area contributed by atoms with Gasteiger partial charge in [-0.05, 0) is 0 Å². The quantitative estimate of drug-likeness (QED) is 0.476. The first kappa shape index (κ1) is 21.4. The van der Waals surface area contributed by atoms with Crippen LogP contribution in [0.4, 0.5) is 0 Å². The first-order valence-electron chi connectivity index (χ1n) is 7.49. The van der Waals surface area contributed by atoms with Crippen LogP contribution in [0, 0.1) is 0 Å². The highest BCUT2D eigenvalue weighted by atomic mass is 32.2. The van der Waals surface area contributed by atoms with Gasteiger partial charge in [-0.2, -0.15) is 0 Å². The summed E-state index contributed by atoms with van der Waals surface area (Å²) in [6.07, 6.45) is -5.20. The summed E-state index contributed by atoms with van der Waals surface area (Å²) in [4.78, 5) is 45.6. The molecule has 1 fully saturated rings. The van der Waals surface area contributed by atoms with E-state index in [4.69, 9.17) is 23.7 Å². The average Bonchev–Trinajstić information content (AvgIpc) is 2.48. The van der Waals surface area contributed by atoms with E-state index in [1.54, 1.807) is 0 Å². The molecule has 1 saturated heterocycles. The summed E-state index contributed by atoms with van der Waals surface area (Å²) in [5, 5.41) is -0.162. The van der Waals surface area contributed by atoms with Crippen LogP contribution in [0.2, 0.25) is 0 Å². The second-order valence-electron chi connectivity index (χ2n) is 5.30. The van der Waals surface area contributed by atoms with Gasteiger partial charge in [0.2, 0.25) is 0 Å². The number of esters is 3. The lowest BCUT2D eigenvalue weighted by atomic mass is 9.98. The SMILES string of the molecule is CO[C@H]1OC(CSC(C)=O)[C@H](OC(C)=O)[C@H](OC(C)=O)C1OC(C)=O. The Hall–Kier alpha value is -1.65. The van der Waals surface area contributed by atoms with Crippen LogP contribution in [0.1, 0.15) is 27.7 Å². The molecule has 1 rings (SSSR count). The Balaban J connectivity index is 3.18. The number of hydrogen-bond donors (Lipinski definition) is 0. The Bertz CT molecular complexity index is 521. The fourth-order valence-electron chi connectivity index (χ4n) is 2.38. The Morgan fingerprint density at radius 3 is 1.76 bits per heavy atom. The van der Waals surface area contributed by atoms with Crippen LogP contribution in [-0.4, -0.2) is 66.6 Å². The summed E-state index contributed by atoms with van der Waals surface area (Å²) in [5.74, 6) is -1.81. The average molecular weight is 378 g/mol. The van der Waals surface area contributed by atoms with Gasteiger partial charge >= 0.3 is 17.9 Å². The molecule has 10 heteroatoms. The number of methoxy groups -OCH3 is 1. The summed E-state index contributed by atoms with van der Waals surface area (Å²) >= 11 is 0.958. The van der Waals surface area contributed by atoms with E-state index in [2.05, 4.69) is 0 Å². The molecule has 0 saturated carbocycles. The molecule has 1 heterocycles. The van der Waals surface area contributed by atoms with Gasteiger partial charge in [-0.25, -0.2) is 0 Å². The van der Waals surface area contributed by atoms with Crippen LogP contribution < -0.4 is 0 Å². The highest BCUT2D eigenvalue weighted by Gasteiger charge is 2.52. The van der Waals surface area contributed by atoms with Gasteiger partial charge < -0.3 is 23.7 Å². The highest BCUT2D eigenvalue weighted by Crippen LogP contribution is 2.30. The van der Waals surface area contributed by atoms with E-state index in [0.717, 1.165) is 11.8 Å². The number of rotatable bonds is 6. The molecule has 0 aliphatic carbocycles. The molecule has 0 amide bonds. The maximum Gasteiger partial charge on any atom is 0.303 e. The van der Waals surface area contributed by atoms with Gasteiger partial charge in [0, 0.05) is 40.6 Å². The zero-order valence-corrected chi connectivity index (χ0v) is 15.5. The smallest absolute Gasteiger partial charge is 0.303 e. The molecule has 0 spiro atoms. The number of carbonyl (C=O) groups excluding carboxylic acids is 4. The summed E-state index contributed by atoms with van der Waals surface area (Å²) < 4.78 is 26.5. The van der Waals surface area contributed by atoms with Crippen LogP contribution >= 0.6 is 11.8 Å². The minimum absolute atomic E-state index is 0.137. The van der Waals surface area contributed by atoms with Crippen molar-refractivity contribution in [3.05, 3.63) is 0 Å². The van der Waals surface area contributed by atoms with Gasteiger partial charge in [0.1, 0.15) is 6.10 Å². The summed E-state index contributed by atoms with van der Waals surface area (Å²) in [7, 11) is 1.33. The third-order valence-electron chi connectivity index (χ3n) is 3.18. The van der Waals surface area contributed by atoms with E-state index >= 15 is 0 Å². The molecular formula is C15H22O9S. The molecule has 2 unspecified atom stereocenters. The van der Waals surface area contributed by atoms with Crippen LogP contribution in [0.5, 0.6) is 0 Å². The van der Waals surface area contributed by atoms with Crippen molar-refractivity contribution in [2.75, 3.05) is 12.9 Å². The normalized spacial score (nSPS) is 28.8. The third kappa shape index (κ3) is 6.63. The van der Waals surface area contributed by atoms with Gasteiger partial charge in [0.25, 0.3) is 0 Å². The zero-order valence-electron chi connectivity index (χ0n) is 14.7. The number of hydrogen-bond acceptors (Lipinski definition) is 10. The molecule has 0 N–H and O–H groups in total. The lowest BCUT2D eigenvalue weighted by molar-refractivity contribution is -0.293. The molecular weight excluding hydrogens is 356 g/mol. The van der Waals surface area contributed by atoms with Crippen molar-refractivity contribution in [2.45, 2.75) is 58.4 Å². The summed E-state index contributed by atoms with van der Waals surface area (Å²) in [6.45, 7) is 4.92. The molecule has 0 aromatic rings.